The molecule has 0 fully saturated rings. The summed E-state index contributed by atoms with van der Waals surface area (Å²) in [5, 5.41) is 10.7. The number of rotatable bonds is 4. The first-order valence-electron chi connectivity index (χ1n) is 4.38. The van der Waals surface area contributed by atoms with Crippen LogP contribution in [0.3, 0.4) is 0 Å². The van der Waals surface area contributed by atoms with Crippen LogP contribution in [0.25, 0.3) is 0 Å². The second-order valence-corrected chi connectivity index (χ2v) is 2.89. The molecular weight excluding hydrogens is 212 g/mol. The van der Waals surface area contributed by atoms with E-state index >= 15 is 0 Å². The van der Waals surface area contributed by atoms with E-state index in [1.165, 1.54) is 24.3 Å². The summed E-state index contributed by atoms with van der Waals surface area (Å²) in [5.74, 6) is -0.829. The second kappa shape index (κ2) is 4.92. The lowest BCUT2D eigenvalue weighted by Gasteiger charge is -2.05. The first-order chi connectivity index (χ1) is 7.57. The molecule has 84 valence electrons. The molecular formula is C10H10N2O4. The van der Waals surface area contributed by atoms with Gasteiger partial charge in [-0.2, -0.15) is 0 Å². The molecule has 1 rings (SSSR count). The molecule has 0 amide bonds. The molecule has 0 saturated heterocycles. The molecule has 1 aromatic carbocycles. The number of nitrogens with two attached hydrogens (primary N) is 1. The highest BCUT2D eigenvalue weighted by Gasteiger charge is 2.23. The minimum absolute atomic E-state index is 0.0169. The fraction of sp³-hybridized carbons (Fsp3) is 0.100. The van der Waals surface area contributed by atoms with Crippen molar-refractivity contribution in [3.8, 4) is 0 Å². The van der Waals surface area contributed by atoms with Gasteiger partial charge in [-0.15, -0.1) is 0 Å². The molecule has 0 radical (unpaired) electrons. The van der Waals surface area contributed by atoms with Crippen LogP contribution < -0.4 is 5.73 Å². The number of ether oxygens (including phenoxy) is 1. The average Bonchev–Trinajstić information content (AvgIpc) is 2.25. The molecule has 0 unspecified atom stereocenters. The van der Waals surface area contributed by atoms with Gasteiger partial charge in [0, 0.05) is 6.07 Å². The largest absolute Gasteiger partial charge is 0.458 e. The van der Waals surface area contributed by atoms with Crippen LogP contribution in [0.4, 0.5) is 11.4 Å². The molecule has 0 aliphatic rings. The van der Waals surface area contributed by atoms with Crippen LogP contribution in [0.5, 0.6) is 0 Å². The van der Waals surface area contributed by atoms with Crippen LogP contribution in [0.2, 0.25) is 0 Å². The lowest BCUT2D eigenvalue weighted by atomic mass is 10.1. The number of nitro groups is 1. The summed E-state index contributed by atoms with van der Waals surface area (Å²) in [5.41, 5.74) is 4.92. The highest BCUT2D eigenvalue weighted by Crippen LogP contribution is 2.24. The van der Waals surface area contributed by atoms with Gasteiger partial charge in [-0.05, 0) is 6.07 Å². The van der Waals surface area contributed by atoms with Gasteiger partial charge in [-0.25, -0.2) is 4.79 Å². The number of nitro benzene ring substituents is 1. The summed E-state index contributed by atoms with van der Waals surface area (Å²) in [6.07, 6.45) is 1.36. The van der Waals surface area contributed by atoms with Gasteiger partial charge in [-0.1, -0.05) is 18.7 Å². The van der Waals surface area contributed by atoms with Crippen molar-refractivity contribution in [1.82, 2.24) is 0 Å². The topological polar surface area (TPSA) is 95.5 Å². The smallest absolute Gasteiger partial charge is 0.347 e. The maximum atomic E-state index is 11.5. The molecule has 0 bridgehead atoms. The average molecular weight is 222 g/mol. The summed E-state index contributed by atoms with van der Waals surface area (Å²) in [4.78, 5) is 21.5. The number of carbonyl (C=O) groups is 1. The van der Waals surface area contributed by atoms with Crippen LogP contribution in [0.15, 0.2) is 30.9 Å². The summed E-state index contributed by atoms with van der Waals surface area (Å²) in [7, 11) is 0. The second-order valence-electron chi connectivity index (χ2n) is 2.89. The Hall–Kier alpha value is -2.37. The van der Waals surface area contributed by atoms with Gasteiger partial charge in [0.15, 0.2) is 5.56 Å². The van der Waals surface area contributed by atoms with E-state index in [4.69, 9.17) is 10.5 Å². The first-order valence-corrected chi connectivity index (χ1v) is 4.38. The zero-order chi connectivity index (χ0) is 12.1. The number of esters is 1. The molecule has 0 atom stereocenters. The quantitative estimate of drug-likeness (QED) is 0.274. The van der Waals surface area contributed by atoms with Gasteiger partial charge in [0.1, 0.15) is 6.61 Å². The molecule has 0 aromatic heterocycles. The van der Waals surface area contributed by atoms with E-state index < -0.39 is 10.9 Å². The molecule has 0 aliphatic carbocycles. The summed E-state index contributed by atoms with van der Waals surface area (Å²) < 4.78 is 4.71. The Morgan fingerprint density at radius 2 is 2.31 bits per heavy atom. The zero-order valence-electron chi connectivity index (χ0n) is 8.38. The predicted octanol–water partition coefficient (Wildman–Crippen LogP) is 1.52. The Morgan fingerprint density at radius 3 is 2.88 bits per heavy atom. The third-order valence-corrected chi connectivity index (χ3v) is 1.81. The van der Waals surface area contributed by atoms with Gasteiger partial charge in [0.2, 0.25) is 0 Å². The molecule has 0 heterocycles. The number of benzene rings is 1. The normalized spacial score (nSPS) is 9.50. The Labute approximate surface area is 91.5 Å². The molecule has 6 heteroatoms. The Balaban J connectivity index is 3.14. The van der Waals surface area contributed by atoms with Crippen molar-refractivity contribution in [3.05, 3.63) is 46.5 Å². The van der Waals surface area contributed by atoms with Crippen molar-refractivity contribution in [1.29, 1.82) is 0 Å². The number of hydrogen-bond donors (Lipinski definition) is 1. The molecule has 6 nitrogen and oxygen atoms in total. The minimum atomic E-state index is -0.829. The Bertz CT molecular complexity index is 442. The lowest BCUT2D eigenvalue weighted by molar-refractivity contribution is -0.385. The third kappa shape index (κ3) is 2.35. The summed E-state index contributed by atoms with van der Waals surface area (Å²) in [6.45, 7) is 3.34. The van der Waals surface area contributed by atoms with Crippen LogP contribution in [0.1, 0.15) is 10.4 Å². The van der Waals surface area contributed by atoms with E-state index in [0.717, 1.165) is 0 Å². The van der Waals surface area contributed by atoms with Gasteiger partial charge in [0.25, 0.3) is 5.69 Å². The van der Waals surface area contributed by atoms with E-state index in [1.807, 2.05) is 0 Å². The van der Waals surface area contributed by atoms with E-state index in [0.29, 0.717) is 0 Å². The van der Waals surface area contributed by atoms with Crippen molar-refractivity contribution < 1.29 is 14.5 Å². The zero-order valence-corrected chi connectivity index (χ0v) is 8.38. The fourth-order valence-electron chi connectivity index (χ4n) is 1.14. The molecule has 16 heavy (non-hydrogen) atoms. The predicted molar refractivity (Wildman–Crippen MR) is 58.0 cm³/mol. The van der Waals surface area contributed by atoms with Crippen LogP contribution >= 0.6 is 0 Å². The van der Waals surface area contributed by atoms with Crippen molar-refractivity contribution >= 4 is 17.3 Å². The van der Waals surface area contributed by atoms with Gasteiger partial charge >= 0.3 is 5.97 Å². The molecule has 0 spiro atoms. The maximum Gasteiger partial charge on any atom is 0.347 e. The molecule has 0 aliphatic heterocycles. The van der Waals surface area contributed by atoms with E-state index in [2.05, 4.69) is 6.58 Å². The SMILES string of the molecule is C=CCOC(=O)c1c(N)cccc1[N+](=O)[O-]. The monoisotopic (exact) mass is 222 g/mol. The van der Waals surface area contributed by atoms with Gasteiger partial charge < -0.3 is 10.5 Å². The minimum Gasteiger partial charge on any atom is -0.458 e. The van der Waals surface area contributed by atoms with Crippen molar-refractivity contribution in [2.75, 3.05) is 12.3 Å². The van der Waals surface area contributed by atoms with Gasteiger partial charge in [0.05, 0.1) is 10.6 Å². The third-order valence-electron chi connectivity index (χ3n) is 1.81. The van der Waals surface area contributed by atoms with Crippen LogP contribution in [-0.2, 0) is 4.74 Å². The number of nitrogen functional groups attached to an aromatic ring is 1. The highest BCUT2D eigenvalue weighted by molar-refractivity contribution is 5.99. The first kappa shape index (κ1) is 11.7. The van der Waals surface area contributed by atoms with Crippen LogP contribution in [0, 0.1) is 10.1 Å². The fourth-order valence-corrected chi connectivity index (χ4v) is 1.14. The van der Waals surface area contributed by atoms with Crippen LogP contribution in [-0.4, -0.2) is 17.5 Å². The van der Waals surface area contributed by atoms with E-state index in [9.17, 15) is 14.9 Å². The van der Waals surface area contributed by atoms with E-state index in [1.54, 1.807) is 0 Å². The number of hydrogen-bond acceptors (Lipinski definition) is 5. The number of nitrogens with zero attached hydrogens (tertiary/aromatic N) is 1. The number of anilines is 1. The Morgan fingerprint density at radius 1 is 1.62 bits per heavy atom. The maximum absolute atomic E-state index is 11.5. The molecule has 0 saturated carbocycles. The molecule has 2 N–H and O–H groups in total. The lowest BCUT2D eigenvalue weighted by Crippen LogP contribution is -2.11. The summed E-state index contributed by atoms with van der Waals surface area (Å²) in [6, 6.07) is 4.00. The van der Waals surface area contributed by atoms with Gasteiger partial charge in [-0.3, -0.25) is 10.1 Å². The molecule has 1 aromatic rings. The van der Waals surface area contributed by atoms with Crippen molar-refractivity contribution in [2.45, 2.75) is 0 Å². The van der Waals surface area contributed by atoms with Crippen molar-refractivity contribution in [3.63, 3.8) is 0 Å². The van der Waals surface area contributed by atoms with Crippen molar-refractivity contribution in [2.24, 2.45) is 0 Å². The Kier molecular flexibility index (Phi) is 3.60. The summed E-state index contributed by atoms with van der Waals surface area (Å²) >= 11 is 0. The number of carbonyl (C=O) groups excluding carboxylic acids is 1. The highest BCUT2D eigenvalue weighted by atomic mass is 16.6. The van der Waals surface area contributed by atoms with E-state index in [-0.39, 0.29) is 23.5 Å². The standard InChI is InChI=1S/C10H10N2O4/c1-2-6-16-10(13)9-7(11)4-3-5-8(9)12(14)15/h2-5H,1,6,11H2.